The van der Waals surface area contributed by atoms with Crippen molar-refractivity contribution < 1.29 is 4.74 Å². The number of nitrogens with zero attached hydrogens (tertiary/aromatic N) is 2. The fourth-order valence-electron chi connectivity index (χ4n) is 2.82. The van der Waals surface area contributed by atoms with Crippen molar-refractivity contribution >= 4 is 10.8 Å². The van der Waals surface area contributed by atoms with Crippen molar-refractivity contribution in [3.05, 3.63) is 42.2 Å². The number of fused-ring (bicyclic) bond motifs is 1. The van der Waals surface area contributed by atoms with Crippen LogP contribution in [-0.2, 0) is 4.74 Å². The van der Waals surface area contributed by atoms with Crippen molar-refractivity contribution in [1.82, 2.24) is 15.3 Å². The SMILES string of the molecule is CN1CCOC(C(NN)c2cccc3ccncc23)C1. The van der Waals surface area contributed by atoms with Gasteiger partial charge in [0.15, 0.2) is 0 Å². The van der Waals surface area contributed by atoms with Gasteiger partial charge in [0.25, 0.3) is 0 Å². The van der Waals surface area contributed by atoms with Crippen LogP contribution in [0.25, 0.3) is 10.8 Å². The van der Waals surface area contributed by atoms with Crippen LogP contribution in [0.4, 0.5) is 0 Å². The van der Waals surface area contributed by atoms with E-state index in [9.17, 15) is 0 Å². The third-order valence-electron chi connectivity index (χ3n) is 3.90. The molecule has 1 aliphatic rings. The number of hydrogen-bond acceptors (Lipinski definition) is 5. The molecule has 0 bridgehead atoms. The molecule has 2 heterocycles. The van der Waals surface area contributed by atoms with E-state index in [1.54, 1.807) is 0 Å². The van der Waals surface area contributed by atoms with Crippen LogP contribution in [0.1, 0.15) is 11.6 Å². The molecule has 0 radical (unpaired) electrons. The molecule has 2 unspecified atom stereocenters. The third-order valence-corrected chi connectivity index (χ3v) is 3.90. The maximum Gasteiger partial charge on any atom is 0.0909 e. The number of likely N-dealkylation sites (N-methyl/N-ethyl adjacent to an activating group) is 1. The number of nitrogens with two attached hydrogens (primary N) is 1. The summed E-state index contributed by atoms with van der Waals surface area (Å²) in [6, 6.07) is 8.20. The lowest BCUT2D eigenvalue weighted by atomic mass is 9.96. The minimum atomic E-state index is -0.0364. The summed E-state index contributed by atoms with van der Waals surface area (Å²) in [7, 11) is 2.10. The molecule has 0 aliphatic carbocycles. The lowest BCUT2D eigenvalue weighted by Gasteiger charge is -2.35. The number of rotatable bonds is 3. The standard InChI is InChI=1S/C15H20N4O/c1-19-7-8-20-14(10-19)15(18-16)12-4-2-3-11-5-6-17-9-13(11)12/h2-6,9,14-15,18H,7-8,10,16H2,1H3. The molecule has 5 heteroatoms. The lowest BCUT2D eigenvalue weighted by molar-refractivity contribution is -0.0390. The van der Waals surface area contributed by atoms with Gasteiger partial charge in [-0.05, 0) is 24.1 Å². The minimum Gasteiger partial charge on any atom is -0.374 e. The molecule has 1 aliphatic heterocycles. The Labute approximate surface area is 118 Å². The first-order valence-electron chi connectivity index (χ1n) is 6.88. The largest absolute Gasteiger partial charge is 0.374 e. The highest BCUT2D eigenvalue weighted by atomic mass is 16.5. The smallest absolute Gasteiger partial charge is 0.0909 e. The Bertz CT molecular complexity index is 584. The van der Waals surface area contributed by atoms with Gasteiger partial charge in [-0.15, -0.1) is 0 Å². The van der Waals surface area contributed by atoms with Crippen LogP contribution in [-0.4, -0.2) is 42.7 Å². The van der Waals surface area contributed by atoms with Crippen LogP contribution in [0, 0.1) is 0 Å². The highest BCUT2D eigenvalue weighted by molar-refractivity contribution is 5.85. The second-order valence-corrected chi connectivity index (χ2v) is 5.26. The van der Waals surface area contributed by atoms with E-state index in [1.807, 2.05) is 18.5 Å². The average Bonchev–Trinajstić information content (AvgIpc) is 2.48. The van der Waals surface area contributed by atoms with Gasteiger partial charge in [0.2, 0.25) is 0 Å². The zero-order valence-electron chi connectivity index (χ0n) is 11.6. The number of morpholine rings is 1. The zero-order chi connectivity index (χ0) is 13.9. The van der Waals surface area contributed by atoms with Crippen molar-refractivity contribution in [2.24, 2.45) is 5.84 Å². The summed E-state index contributed by atoms with van der Waals surface area (Å²) in [5, 5.41) is 2.29. The van der Waals surface area contributed by atoms with Crippen molar-refractivity contribution in [3.63, 3.8) is 0 Å². The van der Waals surface area contributed by atoms with Crippen LogP contribution < -0.4 is 11.3 Å². The summed E-state index contributed by atoms with van der Waals surface area (Å²) in [6.45, 7) is 2.57. The van der Waals surface area contributed by atoms with Gasteiger partial charge in [0.1, 0.15) is 0 Å². The molecule has 3 N–H and O–H groups in total. The van der Waals surface area contributed by atoms with Gasteiger partial charge < -0.3 is 9.64 Å². The Morgan fingerprint density at radius 2 is 2.35 bits per heavy atom. The summed E-state index contributed by atoms with van der Waals surface area (Å²) in [4.78, 5) is 6.50. The van der Waals surface area contributed by atoms with Crippen molar-refractivity contribution in [2.45, 2.75) is 12.1 Å². The van der Waals surface area contributed by atoms with Crippen LogP contribution >= 0.6 is 0 Å². The Kier molecular flexibility index (Phi) is 3.93. The highest BCUT2D eigenvalue weighted by Crippen LogP contribution is 2.27. The van der Waals surface area contributed by atoms with Gasteiger partial charge >= 0.3 is 0 Å². The molecule has 1 saturated heterocycles. The molecule has 20 heavy (non-hydrogen) atoms. The number of aromatic nitrogens is 1. The summed E-state index contributed by atoms with van der Waals surface area (Å²) in [5.74, 6) is 5.80. The molecule has 2 atom stereocenters. The molecule has 0 amide bonds. The van der Waals surface area contributed by atoms with Gasteiger partial charge in [-0.3, -0.25) is 16.3 Å². The maximum atomic E-state index is 5.90. The summed E-state index contributed by atoms with van der Waals surface area (Å²) >= 11 is 0. The molecule has 1 aromatic heterocycles. The summed E-state index contributed by atoms with van der Waals surface area (Å²) < 4.78 is 5.90. The molecular formula is C15H20N4O. The van der Waals surface area contributed by atoms with Gasteiger partial charge in [-0.2, -0.15) is 0 Å². The second kappa shape index (κ2) is 5.85. The van der Waals surface area contributed by atoms with Crippen LogP contribution in [0.15, 0.2) is 36.7 Å². The molecule has 3 rings (SSSR count). The molecule has 0 saturated carbocycles. The van der Waals surface area contributed by atoms with Crippen LogP contribution in [0.3, 0.4) is 0 Å². The number of benzene rings is 1. The zero-order valence-corrected chi connectivity index (χ0v) is 11.6. The van der Waals surface area contributed by atoms with E-state index in [2.05, 4.69) is 40.6 Å². The minimum absolute atomic E-state index is 0.0364. The van der Waals surface area contributed by atoms with Gasteiger partial charge in [-0.1, -0.05) is 18.2 Å². The molecule has 1 fully saturated rings. The predicted molar refractivity (Wildman–Crippen MR) is 79.0 cm³/mol. The average molecular weight is 272 g/mol. The van der Waals surface area contributed by atoms with Gasteiger partial charge in [0.05, 0.1) is 18.8 Å². The topological polar surface area (TPSA) is 63.4 Å². The van der Waals surface area contributed by atoms with Crippen molar-refractivity contribution in [2.75, 3.05) is 26.7 Å². The number of hydrogen-bond donors (Lipinski definition) is 2. The highest BCUT2D eigenvalue weighted by Gasteiger charge is 2.28. The first-order chi connectivity index (χ1) is 9.79. The Morgan fingerprint density at radius 1 is 1.45 bits per heavy atom. The van der Waals surface area contributed by atoms with Gasteiger partial charge in [0, 0.05) is 30.9 Å². The first-order valence-corrected chi connectivity index (χ1v) is 6.88. The molecule has 2 aromatic rings. The number of hydrazine groups is 1. The van der Waals surface area contributed by atoms with E-state index in [0.717, 1.165) is 30.6 Å². The Morgan fingerprint density at radius 3 is 3.15 bits per heavy atom. The van der Waals surface area contributed by atoms with E-state index < -0.39 is 0 Å². The number of pyridine rings is 1. The summed E-state index contributed by atoms with van der Waals surface area (Å²) in [6.07, 6.45) is 3.74. The van der Waals surface area contributed by atoms with Crippen LogP contribution in [0.5, 0.6) is 0 Å². The Balaban J connectivity index is 1.98. The second-order valence-electron chi connectivity index (χ2n) is 5.26. The molecular weight excluding hydrogens is 252 g/mol. The quantitative estimate of drug-likeness (QED) is 0.646. The van der Waals surface area contributed by atoms with Crippen molar-refractivity contribution in [1.29, 1.82) is 0 Å². The predicted octanol–water partition coefficient (Wildman–Crippen LogP) is 1.07. The third kappa shape index (κ3) is 2.53. The van der Waals surface area contributed by atoms with E-state index in [4.69, 9.17) is 10.6 Å². The fraction of sp³-hybridized carbons (Fsp3) is 0.400. The number of nitrogens with one attached hydrogen (secondary N) is 1. The van der Waals surface area contributed by atoms with E-state index >= 15 is 0 Å². The molecule has 5 nitrogen and oxygen atoms in total. The van der Waals surface area contributed by atoms with Crippen molar-refractivity contribution in [3.8, 4) is 0 Å². The Hall–Kier alpha value is -1.53. The maximum absolute atomic E-state index is 5.90. The molecule has 0 spiro atoms. The van der Waals surface area contributed by atoms with Gasteiger partial charge in [-0.25, -0.2) is 0 Å². The van der Waals surface area contributed by atoms with E-state index in [1.165, 1.54) is 5.39 Å². The molecule has 1 aromatic carbocycles. The number of ether oxygens (including phenoxy) is 1. The van der Waals surface area contributed by atoms with E-state index in [-0.39, 0.29) is 12.1 Å². The van der Waals surface area contributed by atoms with Crippen LogP contribution in [0.2, 0.25) is 0 Å². The van der Waals surface area contributed by atoms with E-state index in [0.29, 0.717) is 0 Å². The fourth-order valence-corrected chi connectivity index (χ4v) is 2.82. The normalized spacial score (nSPS) is 22.0. The monoisotopic (exact) mass is 272 g/mol. The lowest BCUT2D eigenvalue weighted by Crippen LogP contribution is -2.48. The molecule has 106 valence electrons. The summed E-state index contributed by atoms with van der Waals surface area (Å²) in [5.41, 5.74) is 4.06. The first kappa shape index (κ1) is 13.5.